The minimum absolute atomic E-state index is 0.225. The predicted molar refractivity (Wildman–Crippen MR) is 108 cm³/mol. The smallest absolute Gasteiger partial charge is 0.268 e. The van der Waals surface area contributed by atoms with Gasteiger partial charge in [0.2, 0.25) is 0 Å². The Morgan fingerprint density at radius 1 is 1.31 bits per heavy atom. The summed E-state index contributed by atoms with van der Waals surface area (Å²) in [4.78, 5) is 17.9. The molecule has 0 unspecified atom stereocenters. The molecule has 2 atom stereocenters. The second kappa shape index (κ2) is 8.18. The quantitative estimate of drug-likeness (QED) is 0.589. The Bertz CT molecular complexity index is 939. The third kappa shape index (κ3) is 3.81. The molecule has 1 aromatic carbocycles. The molecular weight excluding hydrogens is 368 g/mol. The van der Waals surface area contributed by atoms with Gasteiger partial charge in [-0.1, -0.05) is 30.3 Å². The van der Waals surface area contributed by atoms with Crippen LogP contribution in [0.2, 0.25) is 0 Å². The van der Waals surface area contributed by atoms with Crippen molar-refractivity contribution in [1.82, 2.24) is 30.0 Å². The van der Waals surface area contributed by atoms with Gasteiger partial charge in [-0.3, -0.25) is 9.69 Å². The summed E-state index contributed by atoms with van der Waals surface area (Å²) >= 11 is 0. The summed E-state index contributed by atoms with van der Waals surface area (Å²) < 4.78 is 2.00. The van der Waals surface area contributed by atoms with Crippen LogP contribution in [0.1, 0.15) is 35.2 Å². The molecule has 0 saturated carbocycles. The number of rotatable bonds is 6. The highest BCUT2D eigenvalue weighted by Crippen LogP contribution is 2.34. The van der Waals surface area contributed by atoms with Crippen molar-refractivity contribution in [1.29, 1.82) is 0 Å². The zero-order valence-corrected chi connectivity index (χ0v) is 16.5. The van der Waals surface area contributed by atoms with Gasteiger partial charge < -0.3 is 20.0 Å². The summed E-state index contributed by atoms with van der Waals surface area (Å²) in [7, 11) is 0. The number of aryl methyl sites for hydroxylation is 1. The zero-order valence-electron chi connectivity index (χ0n) is 16.5. The van der Waals surface area contributed by atoms with E-state index in [4.69, 9.17) is 0 Å². The number of hydrogen-bond donors (Lipinski definition) is 3. The van der Waals surface area contributed by atoms with E-state index < -0.39 is 11.6 Å². The first-order chi connectivity index (χ1) is 14.1. The van der Waals surface area contributed by atoms with Gasteiger partial charge in [-0.25, -0.2) is 0 Å². The van der Waals surface area contributed by atoms with Crippen LogP contribution < -0.4 is 5.32 Å². The maximum Gasteiger partial charge on any atom is 0.268 e. The number of carbonyl (C=O) groups is 1. The highest BCUT2D eigenvalue weighted by Gasteiger charge is 2.45. The van der Waals surface area contributed by atoms with E-state index in [9.17, 15) is 9.90 Å². The minimum Gasteiger partial charge on any atom is -0.389 e. The number of carbonyl (C=O) groups excluding carboxylic acids is 1. The van der Waals surface area contributed by atoms with Crippen LogP contribution in [0.4, 0.5) is 0 Å². The van der Waals surface area contributed by atoms with E-state index in [1.54, 1.807) is 24.7 Å². The molecule has 3 aromatic rings. The van der Waals surface area contributed by atoms with Gasteiger partial charge in [-0.15, -0.1) is 10.2 Å². The molecule has 1 amide bonds. The molecule has 0 bridgehead atoms. The number of aromatic amines is 1. The van der Waals surface area contributed by atoms with Crippen LogP contribution in [0.25, 0.3) is 0 Å². The lowest BCUT2D eigenvalue weighted by atomic mass is 9.78. The minimum atomic E-state index is -0.849. The molecule has 152 valence electrons. The van der Waals surface area contributed by atoms with E-state index in [0.717, 1.165) is 17.9 Å². The Morgan fingerprint density at radius 2 is 2.14 bits per heavy atom. The molecule has 2 aromatic heterocycles. The Labute approximate surface area is 169 Å². The number of aromatic nitrogens is 4. The van der Waals surface area contributed by atoms with Crippen molar-refractivity contribution < 1.29 is 9.90 Å². The van der Waals surface area contributed by atoms with Crippen LogP contribution in [0.3, 0.4) is 0 Å². The van der Waals surface area contributed by atoms with Crippen molar-refractivity contribution >= 4 is 5.91 Å². The fourth-order valence-electron chi connectivity index (χ4n) is 4.03. The van der Waals surface area contributed by atoms with Gasteiger partial charge in [0.15, 0.2) is 0 Å². The van der Waals surface area contributed by atoms with Crippen molar-refractivity contribution in [3.63, 3.8) is 0 Å². The predicted octanol–water partition coefficient (Wildman–Crippen LogP) is 1.52. The fraction of sp³-hybridized carbons (Fsp3) is 0.381. The maximum atomic E-state index is 12.8. The van der Waals surface area contributed by atoms with Crippen LogP contribution in [0, 0.1) is 0 Å². The molecule has 0 spiro atoms. The van der Waals surface area contributed by atoms with Crippen LogP contribution in [0.5, 0.6) is 0 Å². The number of hydrogen-bond acceptors (Lipinski definition) is 5. The monoisotopic (exact) mass is 394 g/mol. The number of H-pyrrole nitrogens is 1. The van der Waals surface area contributed by atoms with E-state index in [1.165, 1.54) is 0 Å². The molecule has 0 aliphatic carbocycles. The summed E-state index contributed by atoms with van der Waals surface area (Å²) in [6, 6.07) is 13.2. The average Bonchev–Trinajstić information content (AvgIpc) is 3.43. The topological polar surface area (TPSA) is 99.1 Å². The SMILES string of the molecule is CCn1cnnc1CN1CC[C@](NC(=O)c2ccc[nH]2)(c2ccccc2)[C@H](O)C1. The molecule has 29 heavy (non-hydrogen) atoms. The van der Waals surface area contributed by atoms with Gasteiger partial charge in [0, 0.05) is 25.8 Å². The van der Waals surface area contributed by atoms with Crippen molar-refractivity contribution in [2.75, 3.05) is 13.1 Å². The van der Waals surface area contributed by atoms with Crippen molar-refractivity contribution in [3.8, 4) is 0 Å². The Hall–Kier alpha value is -2.97. The van der Waals surface area contributed by atoms with Crippen LogP contribution >= 0.6 is 0 Å². The lowest BCUT2D eigenvalue weighted by Crippen LogP contribution is -2.61. The van der Waals surface area contributed by atoms with Gasteiger partial charge in [-0.05, 0) is 31.0 Å². The Kier molecular flexibility index (Phi) is 5.46. The first-order valence-corrected chi connectivity index (χ1v) is 9.91. The highest BCUT2D eigenvalue weighted by molar-refractivity contribution is 5.93. The standard InChI is InChI=1S/C21H26N6O2/c1-2-27-15-23-25-19(27)14-26-12-10-21(18(28)13-26,16-7-4-3-5-8-16)24-20(29)17-9-6-11-22-17/h3-9,11,15,18,22,28H,2,10,12-14H2,1H3,(H,24,29)/t18-,21+/m1/s1. The molecule has 3 N–H and O–H groups in total. The molecule has 4 rings (SSSR count). The first-order valence-electron chi connectivity index (χ1n) is 9.91. The number of aliphatic hydroxyl groups excluding tert-OH is 1. The Balaban J connectivity index is 1.57. The molecule has 1 aliphatic heterocycles. The summed E-state index contributed by atoms with van der Waals surface area (Å²) in [6.45, 7) is 4.61. The van der Waals surface area contributed by atoms with Crippen molar-refractivity contribution in [2.45, 2.75) is 38.1 Å². The summed E-state index contributed by atoms with van der Waals surface area (Å²) in [6.07, 6.45) is 3.26. The van der Waals surface area contributed by atoms with E-state index in [2.05, 4.69) is 32.3 Å². The third-order valence-electron chi connectivity index (χ3n) is 5.69. The van der Waals surface area contributed by atoms with Crippen LogP contribution in [-0.2, 0) is 18.6 Å². The molecule has 8 nitrogen and oxygen atoms in total. The van der Waals surface area contributed by atoms with Crippen LogP contribution in [0.15, 0.2) is 55.0 Å². The lowest BCUT2D eigenvalue weighted by molar-refractivity contribution is -0.0191. The Morgan fingerprint density at radius 3 is 2.83 bits per heavy atom. The van der Waals surface area contributed by atoms with E-state index >= 15 is 0 Å². The number of benzene rings is 1. The molecule has 0 radical (unpaired) electrons. The molecule has 1 saturated heterocycles. The van der Waals surface area contributed by atoms with E-state index in [0.29, 0.717) is 31.7 Å². The largest absolute Gasteiger partial charge is 0.389 e. The first kappa shape index (κ1) is 19.4. The molecule has 3 heterocycles. The van der Waals surface area contributed by atoms with Crippen molar-refractivity contribution in [3.05, 3.63) is 72.1 Å². The highest BCUT2D eigenvalue weighted by atomic mass is 16.3. The zero-order chi connectivity index (χ0) is 20.3. The summed E-state index contributed by atoms with van der Waals surface area (Å²) in [5.41, 5.74) is 0.535. The van der Waals surface area contributed by atoms with E-state index in [1.807, 2.05) is 34.9 Å². The average molecular weight is 394 g/mol. The molecule has 1 fully saturated rings. The van der Waals surface area contributed by atoms with Crippen LogP contribution in [-0.4, -0.2) is 54.9 Å². The summed E-state index contributed by atoms with van der Waals surface area (Å²) in [5, 5.41) is 22.5. The lowest BCUT2D eigenvalue weighted by Gasteiger charge is -2.46. The normalized spacial score (nSPS) is 22.5. The van der Waals surface area contributed by atoms with E-state index in [-0.39, 0.29) is 5.91 Å². The third-order valence-corrected chi connectivity index (χ3v) is 5.69. The fourth-order valence-corrected chi connectivity index (χ4v) is 4.03. The number of amides is 1. The second-order valence-electron chi connectivity index (χ2n) is 7.41. The number of piperidine rings is 1. The summed E-state index contributed by atoms with van der Waals surface area (Å²) in [5.74, 6) is 0.652. The van der Waals surface area contributed by atoms with Gasteiger partial charge in [0.1, 0.15) is 17.8 Å². The number of aliphatic hydroxyl groups is 1. The van der Waals surface area contributed by atoms with Gasteiger partial charge >= 0.3 is 0 Å². The number of nitrogens with one attached hydrogen (secondary N) is 2. The number of likely N-dealkylation sites (tertiary alicyclic amines) is 1. The number of β-amino-alcohol motifs (C(OH)–C–C–N with tert-alkyl or cyclic N) is 1. The molecular formula is C21H26N6O2. The second-order valence-corrected chi connectivity index (χ2v) is 7.41. The molecule has 1 aliphatic rings. The molecule has 8 heteroatoms. The van der Waals surface area contributed by atoms with Gasteiger partial charge in [0.05, 0.1) is 18.2 Å². The van der Waals surface area contributed by atoms with Gasteiger partial charge in [-0.2, -0.15) is 0 Å². The maximum absolute atomic E-state index is 12.8. The van der Waals surface area contributed by atoms with Gasteiger partial charge in [0.25, 0.3) is 5.91 Å². The number of nitrogens with zero attached hydrogens (tertiary/aromatic N) is 4. The van der Waals surface area contributed by atoms with Crippen molar-refractivity contribution in [2.24, 2.45) is 0 Å².